The molecule has 80 valence electrons. The highest BCUT2D eigenvalue weighted by Crippen LogP contribution is 2.30. The van der Waals surface area contributed by atoms with E-state index < -0.39 is 0 Å². The lowest BCUT2D eigenvalue weighted by molar-refractivity contribution is 0.370. The Morgan fingerprint density at radius 1 is 1.47 bits per heavy atom. The average molecular weight is 269 g/mol. The summed E-state index contributed by atoms with van der Waals surface area (Å²) in [5.41, 5.74) is 1.65. The number of nitrogens with zero attached hydrogens (tertiary/aromatic N) is 2. The first-order chi connectivity index (χ1) is 7.08. The highest BCUT2D eigenvalue weighted by molar-refractivity contribution is 9.10. The molecule has 0 fully saturated rings. The Balaban J connectivity index is 3.21. The third kappa shape index (κ3) is 2.95. The second kappa shape index (κ2) is 5.15. The molecule has 0 saturated carbocycles. The Morgan fingerprint density at radius 3 is 2.60 bits per heavy atom. The number of halogens is 1. The van der Waals surface area contributed by atoms with E-state index in [9.17, 15) is 0 Å². The molecule has 0 heterocycles. The normalized spacial score (nSPS) is 10.1. The van der Waals surface area contributed by atoms with Crippen LogP contribution >= 0.6 is 15.9 Å². The molecule has 1 rings (SSSR count). The summed E-state index contributed by atoms with van der Waals surface area (Å²) in [6.07, 6.45) is 0. The minimum Gasteiger partial charge on any atom is -0.495 e. The maximum absolute atomic E-state index is 8.86. The fourth-order valence-corrected chi connectivity index (χ4v) is 2.06. The molecule has 0 aliphatic heterocycles. The fourth-order valence-electron chi connectivity index (χ4n) is 1.40. The van der Waals surface area contributed by atoms with E-state index in [1.165, 1.54) is 0 Å². The van der Waals surface area contributed by atoms with Gasteiger partial charge in [-0.25, -0.2) is 0 Å². The van der Waals surface area contributed by atoms with Gasteiger partial charge in [-0.3, -0.25) is 0 Å². The summed E-state index contributed by atoms with van der Waals surface area (Å²) < 4.78 is 6.11. The number of ether oxygens (including phenoxy) is 1. The molecule has 1 aromatic carbocycles. The van der Waals surface area contributed by atoms with Crippen molar-refractivity contribution < 1.29 is 4.74 Å². The molecule has 0 aromatic heterocycles. The lowest BCUT2D eigenvalue weighted by Gasteiger charge is -2.14. The van der Waals surface area contributed by atoms with Gasteiger partial charge in [0.05, 0.1) is 23.2 Å². The van der Waals surface area contributed by atoms with Gasteiger partial charge in [-0.15, -0.1) is 0 Å². The van der Waals surface area contributed by atoms with Gasteiger partial charge in [-0.1, -0.05) is 0 Å². The number of hydrogen-bond acceptors (Lipinski definition) is 3. The van der Waals surface area contributed by atoms with Crippen LogP contribution in [0.4, 0.5) is 0 Å². The van der Waals surface area contributed by atoms with E-state index in [-0.39, 0.29) is 0 Å². The van der Waals surface area contributed by atoms with Crippen molar-refractivity contribution in [1.82, 2.24) is 4.90 Å². The predicted octanol–water partition coefficient (Wildman–Crippen LogP) is 2.39. The molecule has 0 aliphatic carbocycles. The first kappa shape index (κ1) is 12.0. The van der Waals surface area contributed by atoms with Gasteiger partial charge in [-0.05, 0) is 42.2 Å². The third-order valence-corrected chi connectivity index (χ3v) is 2.53. The number of methoxy groups -OCH3 is 1. The lowest BCUT2D eigenvalue weighted by atomic mass is 10.1. The molecule has 0 saturated heterocycles. The molecule has 0 spiro atoms. The van der Waals surface area contributed by atoms with Crippen LogP contribution in [0.25, 0.3) is 0 Å². The minimum atomic E-state index is 0.638. The van der Waals surface area contributed by atoms with Gasteiger partial charge in [0.15, 0.2) is 0 Å². The van der Waals surface area contributed by atoms with E-state index in [1.54, 1.807) is 13.2 Å². The summed E-state index contributed by atoms with van der Waals surface area (Å²) in [5.74, 6) is 0.794. The fraction of sp³-hybridized carbons (Fsp3) is 0.364. The molecule has 0 unspecified atom stereocenters. The Morgan fingerprint density at radius 2 is 2.13 bits per heavy atom. The van der Waals surface area contributed by atoms with E-state index in [0.29, 0.717) is 5.56 Å². The SMILES string of the molecule is COc1c(Br)cc(C#N)cc1CN(C)C. The topological polar surface area (TPSA) is 36.3 Å². The molecule has 4 heteroatoms. The smallest absolute Gasteiger partial charge is 0.137 e. The molecule has 0 N–H and O–H groups in total. The van der Waals surface area contributed by atoms with Crippen LogP contribution in [0, 0.1) is 11.3 Å². The van der Waals surface area contributed by atoms with E-state index in [2.05, 4.69) is 22.0 Å². The highest BCUT2D eigenvalue weighted by atomic mass is 79.9. The number of rotatable bonds is 3. The second-order valence-corrected chi connectivity index (χ2v) is 4.35. The van der Waals surface area contributed by atoms with Crippen LogP contribution in [0.5, 0.6) is 5.75 Å². The first-order valence-electron chi connectivity index (χ1n) is 4.49. The Hall–Kier alpha value is -1.05. The van der Waals surface area contributed by atoms with Gasteiger partial charge in [0.25, 0.3) is 0 Å². The zero-order valence-corrected chi connectivity index (χ0v) is 10.6. The molecule has 0 radical (unpaired) electrons. The molecule has 15 heavy (non-hydrogen) atoms. The van der Waals surface area contributed by atoms with Crippen molar-refractivity contribution in [2.45, 2.75) is 6.54 Å². The monoisotopic (exact) mass is 268 g/mol. The maximum Gasteiger partial charge on any atom is 0.137 e. The largest absolute Gasteiger partial charge is 0.495 e. The number of hydrogen-bond donors (Lipinski definition) is 0. The van der Waals surface area contributed by atoms with Gasteiger partial charge >= 0.3 is 0 Å². The summed E-state index contributed by atoms with van der Waals surface area (Å²) >= 11 is 3.39. The van der Waals surface area contributed by atoms with Crippen molar-refractivity contribution >= 4 is 15.9 Å². The van der Waals surface area contributed by atoms with E-state index in [0.717, 1.165) is 22.3 Å². The van der Waals surface area contributed by atoms with Crippen LogP contribution in [0.15, 0.2) is 16.6 Å². The van der Waals surface area contributed by atoms with Gasteiger partial charge < -0.3 is 9.64 Å². The summed E-state index contributed by atoms with van der Waals surface area (Å²) in [6, 6.07) is 5.74. The Kier molecular flexibility index (Phi) is 4.13. The van der Waals surface area contributed by atoms with Gasteiger partial charge in [0.1, 0.15) is 5.75 Å². The first-order valence-corrected chi connectivity index (χ1v) is 5.29. The molecule has 1 aromatic rings. The van der Waals surface area contributed by atoms with Gasteiger partial charge in [-0.2, -0.15) is 5.26 Å². The van der Waals surface area contributed by atoms with Gasteiger partial charge in [0.2, 0.25) is 0 Å². The van der Waals surface area contributed by atoms with Gasteiger partial charge in [0, 0.05) is 12.1 Å². The van der Waals surface area contributed by atoms with Crippen molar-refractivity contribution in [3.63, 3.8) is 0 Å². The van der Waals surface area contributed by atoms with Crippen LogP contribution in [0.1, 0.15) is 11.1 Å². The summed E-state index contributed by atoms with van der Waals surface area (Å²) in [5, 5.41) is 8.86. The average Bonchev–Trinajstić information content (AvgIpc) is 2.16. The summed E-state index contributed by atoms with van der Waals surface area (Å²) in [4.78, 5) is 2.03. The molecular weight excluding hydrogens is 256 g/mol. The van der Waals surface area contributed by atoms with Crippen LogP contribution in [-0.2, 0) is 6.54 Å². The van der Waals surface area contributed by atoms with Crippen LogP contribution in [-0.4, -0.2) is 26.1 Å². The van der Waals surface area contributed by atoms with Crippen LogP contribution < -0.4 is 4.74 Å². The number of nitriles is 1. The van der Waals surface area contributed by atoms with Crippen molar-refractivity contribution in [1.29, 1.82) is 5.26 Å². The molecule has 0 atom stereocenters. The lowest BCUT2D eigenvalue weighted by Crippen LogP contribution is -2.12. The van der Waals surface area contributed by atoms with Crippen molar-refractivity contribution in [3.05, 3.63) is 27.7 Å². The molecular formula is C11H13BrN2O. The molecule has 0 bridgehead atoms. The van der Waals surface area contributed by atoms with E-state index in [4.69, 9.17) is 10.00 Å². The van der Waals surface area contributed by atoms with Crippen LogP contribution in [0.3, 0.4) is 0 Å². The summed E-state index contributed by atoms with van der Waals surface area (Å²) in [7, 11) is 5.59. The van der Waals surface area contributed by atoms with Crippen LogP contribution in [0.2, 0.25) is 0 Å². The maximum atomic E-state index is 8.86. The Bertz CT molecular complexity index is 396. The van der Waals surface area contributed by atoms with Crippen molar-refractivity contribution in [2.24, 2.45) is 0 Å². The predicted molar refractivity (Wildman–Crippen MR) is 62.8 cm³/mol. The molecule has 3 nitrogen and oxygen atoms in total. The summed E-state index contributed by atoms with van der Waals surface area (Å²) in [6.45, 7) is 0.747. The quantitative estimate of drug-likeness (QED) is 0.845. The highest BCUT2D eigenvalue weighted by Gasteiger charge is 2.10. The van der Waals surface area contributed by atoms with Crippen molar-refractivity contribution in [2.75, 3.05) is 21.2 Å². The molecule has 0 amide bonds. The standard InChI is InChI=1S/C11H13BrN2O/c1-14(2)7-9-4-8(6-13)5-10(12)11(9)15-3/h4-5H,7H2,1-3H3. The Labute approximate surface area is 98.4 Å². The zero-order chi connectivity index (χ0) is 11.4. The molecule has 0 aliphatic rings. The minimum absolute atomic E-state index is 0.638. The number of benzene rings is 1. The van der Waals surface area contributed by atoms with E-state index >= 15 is 0 Å². The zero-order valence-electron chi connectivity index (χ0n) is 9.04. The van der Waals surface area contributed by atoms with Crippen molar-refractivity contribution in [3.8, 4) is 11.8 Å². The third-order valence-electron chi connectivity index (χ3n) is 1.94. The second-order valence-electron chi connectivity index (χ2n) is 3.50. The van der Waals surface area contributed by atoms with E-state index in [1.807, 2.05) is 25.1 Å².